The maximum Gasteiger partial charge on any atom is 0.311 e. The summed E-state index contributed by atoms with van der Waals surface area (Å²) in [4.78, 5) is 28.1. The van der Waals surface area contributed by atoms with Crippen LogP contribution < -0.4 is 5.32 Å². The van der Waals surface area contributed by atoms with Crippen LogP contribution in [0.25, 0.3) is 0 Å². The first kappa shape index (κ1) is 20.7. The quantitative estimate of drug-likeness (QED) is 0.542. The van der Waals surface area contributed by atoms with Crippen molar-refractivity contribution in [1.29, 1.82) is 0 Å². The fourth-order valence-electron chi connectivity index (χ4n) is 2.44. The molecule has 8 nitrogen and oxygen atoms in total. The van der Waals surface area contributed by atoms with E-state index in [1.54, 1.807) is 30.5 Å². The van der Waals surface area contributed by atoms with Crippen molar-refractivity contribution in [2.24, 2.45) is 0 Å². The molecule has 0 spiro atoms. The number of nitrogens with one attached hydrogen (secondary N) is 1. The third-order valence-corrected chi connectivity index (χ3v) is 6.18. The van der Waals surface area contributed by atoms with Crippen LogP contribution in [0, 0.1) is 0 Å². The van der Waals surface area contributed by atoms with Crippen LogP contribution in [0.1, 0.15) is 28.9 Å². The molecule has 0 atom stereocenters. The number of anilines is 1. The lowest BCUT2D eigenvalue weighted by molar-refractivity contribution is -0.142. The van der Waals surface area contributed by atoms with Gasteiger partial charge in [0.05, 0.1) is 23.6 Å². The van der Waals surface area contributed by atoms with Gasteiger partial charge in [0.1, 0.15) is 11.5 Å². The SMILES string of the molecule is CCOC(=O)Cc1csc(NC(=O)c2ccc(CS(=O)(=O)c3ccccc3)o2)n1. The highest BCUT2D eigenvalue weighted by Crippen LogP contribution is 2.20. The Morgan fingerprint density at radius 2 is 1.93 bits per heavy atom. The van der Waals surface area contributed by atoms with Crippen molar-refractivity contribution in [3.8, 4) is 0 Å². The Morgan fingerprint density at radius 3 is 2.66 bits per heavy atom. The molecule has 0 aliphatic carbocycles. The number of hydrogen-bond acceptors (Lipinski definition) is 8. The van der Waals surface area contributed by atoms with Crippen LogP contribution in [-0.2, 0) is 31.5 Å². The lowest BCUT2D eigenvalue weighted by Crippen LogP contribution is -2.11. The van der Waals surface area contributed by atoms with E-state index in [9.17, 15) is 18.0 Å². The van der Waals surface area contributed by atoms with Gasteiger partial charge in [0.25, 0.3) is 5.91 Å². The van der Waals surface area contributed by atoms with Crippen LogP contribution in [0.4, 0.5) is 5.13 Å². The first-order valence-corrected chi connectivity index (χ1v) is 11.2. The molecule has 0 bridgehead atoms. The Balaban J connectivity index is 1.63. The van der Waals surface area contributed by atoms with E-state index in [0.717, 1.165) is 11.3 Å². The molecule has 1 aromatic carbocycles. The van der Waals surface area contributed by atoms with Crippen LogP contribution in [0.15, 0.2) is 57.2 Å². The van der Waals surface area contributed by atoms with E-state index in [2.05, 4.69) is 10.3 Å². The molecule has 0 saturated heterocycles. The molecular formula is C19H18N2O6S2. The van der Waals surface area contributed by atoms with Gasteiger partial charge in [-0.3, -0.25) is 14.9 Å². The summed E-state index contributed by atoms with van der Waals surface area (Å²) in [7, 11) is -3.58. The molecule has 1 N–H and O–H groups in total. The van der Waals surface area contributed by atoms with Gasteiger partial charge in [-0.25, -0.2) is 13.4 Å². The van der Waals surface area contributed by atoms with E-state index in [-0.39, 0.29) is 35.2 Å². The van der Waals surface area contributed by atoms with Gasteiger partial charge in [-0.1, -0.05) is 18.2 Å². The number of sulfone groups is 1. The Labute approximate surface area is 171 Å². The molecule has 0 aliphatic heterocycles. The summed E-state index contributed by atoms with van der Waals surface area (Å²) < 4.78 is 35.0. The predicted molar refractivity (Wildman–Crippen MR) is 106 cm³/mol. The van der Waals surface area contributed by atoms with E-state index in [1.807, 2.05) is 0 Å². The number of carbonyl (C=O) groups excluding carboxylic acids is 2. The molecular weight excluding hydrogens is 416 g/mol. The van der Waals surface area contributed by atoms with Crippen LogP contribution in [0.5, 0.6) is 0 Å². The minimum Gasteiger partial charge on any atom is -0.466 e. The van der Waals surface area contributed by atoms with Crippen molar-refractivity contribution >= 4 is 38.2 Å². The molecule has 29 heavy (non-hydrogen) atoms. The summed E-state index contributed by atoms with van der Waals surface area (Å²) in [5.41, 5.74) is 0.484. The zero-order chi connectivity index (χ0) is 20.9. The standard InChI is InChI=1S/C19H18N2O6S2/c1-2-26-17(22)10-13-11-28-19(20-13)21-18(23)16-9-8-14(27-16)12-29(24,25)15-6-4-3-5-7-15/h3-9,11H,2,10,12H2,1H3,(H,20,21,23). The van der Waals surface area contributed by atoms with Crippen molar-refractivity contribution in [2.75, 3.05) is 11.9 Å². The third-order valence-electron chi connectivity index (χ3n) is 3.72. The summed E-state index contributed by atoms with van der Waals surface area (Å²) in [6, 6.07) is 10.9. The monoisotopic (exact) mass is 434 g/mol. The number of amides is 1. The molecule has 1 amide bonds. The second kappa shape index (κ2) is 9.01. The van der Waals surface area contributed by atoms with Gasteiger partial charge in [-0.2, -0.15) is 0 Å². The minimum atomic E-state index is -3.58. The van der Waals surface area contributed by atoms with Crippen LogP contribution in [0.2, 0.25) is 0 Å². The highest BCUT2D eigenvalue weighted by atomic mass is 32.2. The number of esters is 1. The minimum absolute atomic E-state index is 0.0163. The lowest BCUT2D eigenvalue weighted by atomic mass is 10.3. The predicted octanol–water partition coefficient (Wildman–Crippen LogP) is 3.07. The van der Waals surface area contributed by atoms with Crippen molar-refractivity contribution in [3.05, 3.63) is 65.1 Å². The molecule has 152 valence electrons. The first-order valence-electron chi connectivity index (χ1n) is 8.65. The fraction of sp³-hybridized carbons (Fsp3) is 0.211. The number of thiazole rings is 1. The summed E-state index contributed by atoms with van der Waals surface area (Å²) in [6.07, 6.45) is 0.0163. The van der Waals surface area contributed by atoms with Crippen LogP contribution >= 0.6 is 11.3 Å². The van der Waals surface area contributed by atoms with E-state index in [1.165, 1.54) is 24.3 Å². The Kier molecular flexibility index (Phi) is 6.45. The van der Waals surface area contributed by atoms with Crippen LogP contribution in [-0.4, -0.2) is 31.9 Å². The molecule has 0 radical (unpaired) electrons. The average Bonchev–Trinajstić information content (AvgIpc) is 3.32. The van der Waals surface area contributed by atoms with Gasteiger partial charge >= 0.3 is 5.97 Å². The molecule has 2 aromatic heterocycles. The maximum atomic E-state index is 12.4. The number of nitrogens with zero attached hydrogens (tertiary/aromatic N) is 1. The zero-order valence-electron chi connectivity index (χ0n) is 15.5. The number of ether oxygens (including phenoxy) is 1. The molecule has 10 heteroatoms. The van der Waals surface area contributed by atoms with E-state index in [0.29, 0.717) is 10.8 Å². The Morgan fingerprint density at radius 1 is 1.17 bits per heavy atom. The number of furan rings is 1. The summed E-state index contributed by atoms with van der Waals surface area (Å²) in [6.45, 7) is 2.00. The van der Waals surface area contributed by atoms with Gasteiger partial charge in [0, 0.05) is 5.38 Å². The smallest absolute Gasteiger partial charge is 0.311 e. The van der Waals surface area contributed by atoms with Gasteiger partial charge in [-0.05, 0) is 31.2 Å². The van der Waals surface area contributed by atoms with Gasteiger partial charge in [0.2, 0.25) is 0 Å². The normalized spacial score (nSPS) is 11.2. The number of aromatic nitrogens is 1. The highest BCUT2D eigenvalue weighted by Gasteiger charge is 2.20. The van der Waals surface area contributed by atoms with Gasteiger partial charge in [-0.15, -0.1) is 11.3 Å². The highest BCUT2D eigenvalue weighted by molar-refractivity contribution is 7.90. The topological polar surface area (TPSA) is 116 Å². The maximum absolute atomic E-state index is 12.4. The largest absolute Gasteiger partial charge is 0.466 e. The Hall–Kier alpha value is -2.98. The summed E-state index contributed by atoms with van der Waals surface area (Å²) in [5.74, 6) is -1.20. The molecule has 0 fully saturated rings. The number of benzene rings is 1. The average molecular weight is 434 g/mol. The lowest BCUT2D eigenvalue weighted by Gasteiger charge is -2.02. The summed E-state index contributed by atoms with van der Waals surface area (Å²) >= 11 is 1.16. The molecule has 3 aromatic rings. The van der Waals surface area contributed by atoms with Crippen molar-refractivity contribution in [2.45, 2.75) is 24.0 Å². The second-order valence-electron chi connectivity index (χ2n) is 5.92. The van der Waals surface area contributed by atoms with Crippen LogP contribution in [0.3, 0.4) is 0 Å². The number of carbonyl (C=O) groups is 2. The fourth-order valence-corrected chi connectivity index (χ4v) is 4.41. The van der Waals surface area contributed by atoms with E-state index >= 15 is 0 Å². The van der Waals surface area contributed by atoms with E-state index in [4.69, 9.17) is 9.15 Å². The zero-order valence-corrected chi connectivity index (χ0v) is 17.1. The third kappa shape index (κ3) is 5.52. The number of rotatable bonds is 8. The molecule has 0 saturated carbocycles. The molecule has 3 rings (SSSR count). The molecule has 2 heterocycles. The number of hydrogen-bond donors (Lipinski definition) is 1. The molecule has 0 aliphatic rings. The van der Waals surface area contributed by atoms with Crippen molar-refractivity contribution < 1.29 is 27.2 Å². The van der Waals surface area contributed by atoms with Gasteiger partial charge in [0.15, 0.2) is 20.7 Å². The first-order chi connectivity index (χ1) is 13.9. The Bertz CT molecular complexity index is 1100. The van der Waals surface area contributed by atoms with Crippen molar-refractivity contribution in [1.82, 2.24) is 4.98 Å². The molecule has 0 unspecified atom stereocenters. The van der Waals surface area contributed by atoms with E-state index < -0.39 is 21.7 Å². The van der Waals surface area contributed by atoms with Crippen molar-refractivity contribution in [3.63, 3.8) is 0 Å². The van der Waals surface area contributed by atoms with Gasteiger partial charge < -0.3 is 9.15 Å². The second-order valence-corrected chi connectivity index (χ2v) is 8.77. The summed E-state index contributed by atoms with van der Waals surface area (Å²) in [5, 5.41) is 4.51.